The fourth-order valence-electron chi connectivity index (χ4n) is 4.46. The number of rotatable bonds is 6. The van der Waals surface area contributed by atoms with E-state index in [1.807, 2.05) is 32.9 Å². The quantitative estimate of drug-likeness (QED) is 0.539. The lowest BCUT2D eigenvalue weighted by Crippen LogP contribution is -2.40. The summed E-state index contributed by atoms with van der Waals surface area (Å²) in [7, 11) is 1.65. The normalized spacial score (nSPS) is 17.1. The van der Waals surface area contributed by atoms with E-state index in [4.69, 9.17) is 4.74 Å². The summed E-state index contributed by atoms with van der Waals surface area (Å²) in [6.07, 6.45) is 2.19. The molecule has 6 heteroatoms. The number of aliphatic hydroxyl groups is 1. The molecule has 6 nitrogen and oxygen atoms in total. The summed E-state index contributed by atoms with van der Waals surface area (Å²) in [4.78, 5) is 18.5. The van der Waals surface area contributed by atoms with Gasteiger partial charge in [-0.05, 0) is 82.1 Å². The summed E-state index contributed by atoms with van der Waals surface area (Å²) < 4.78 is 5.60. The molecule has 1 aromatic heterocycles. The van der Waals surface area contributed by atoms with Crippen LogP contribution in [0.25, 0.3) is 22.0 Å². The van der Waals surface area contributed by atoms with Gasteiger partial charge in [-0.25, -0.2) is 0 Å². The monoisotopic (exact) mass is 435 g/mol. The van der Waals surface area contributed by atoms with Crippen LogP contribution in [0.2, 0.25) is 0 Å². The first-order valence-corrected chi connectivity index (χ1v) is 11.2. The highest BCUT2D eigenvalue weighted by Crippen LogP contribution is 2.33. The number of hydrogen-bond acceptors (Lipinski definition) is 4. The van der Waals surface area contributed by atoms with Crippen molar-refractivity contribution >= 4 is 16.8 Å². The van der Waals surface area contributed by atoms with Crippen LogP contribution in [0.3, 0.4) is 0 Å². The number of aromatic nitrogens is 1. The Morgan fingerprint density at radius 2 is 2.03 bits per heavy atom. The zero-order chi connectivity index (χ0) is 22.9. The van der Waals surface area contributed by atoms with Gasteiger partial charge in [0.1, 0.15) is 5.75 Å². The standard InChI is InChI=1S/C26H33N3O3/c1-26(2,3)28-25(31)18-8-10-24(32-4)22(14-18)17-7-9-23-19(12-17)13-20(27-23)15-29-11-5-6-21(29)16-30/h7-10,12-14,21,27,30H,5-6,11,15-16H2,1-4H3,(H,28,31)/t21-/m1/s1. The molecule has 2 aromatic carbocycles. The van der Waals surface area contributed by atoms with E-state index >= 15 is 0 Å². The molecule has 1 aliphatic heterocycles. The molecule has 1 amide bonds. The second-order valence-electron chi connectivity index (χ2n) is 9.66. The van der Waals surface area contributed by atoms with E-state index < -0.39 is 0 Å². The molecule has 3 N–H and O–H groups in total. The molecule has 170 valence electrons. The maximum Gasteiger partial charge on any atom is 0.251 e. The Morgan fingerprint density at radius 3 is 2.75 bits per heavy atom. The van der Waals surface area contributed by atoms with Gasteiger partial charge < -0.3 is 20.1 Å². The average molecular weight is 436 g/mol. The van der Waals surface area contributed by atoms with Crippen molar-refractivity contribution in [3.8, 4) is 16.9 Å². The SMILES string of the molecule is COc1ccc(C(=O)NC(C)(C)C)cc1-c1ccc2[nH]c(CN3CCC[C@@H]3CO)cc2c1. The van der Waals surface area contributed by atoms with E-state index in [0.717, 1.165) is 59.4 Å². The Kier molecular flexibility index (Phi) is 6.26. The predicted molar refractivity (Wildman–Crippen MR) is 128 cm³/mol. The zero-order valence-corrected chi connectivity index (χ0v) is 19.4. The molecule has 0 bridgehead atoms. The fourth-order valence-corrected chi connectivity index (χ4v) is 4.46. The van der Waals surface area contributed by atoms with E-state index in [-0.39, 0.29) is 24.1 Å². The minimum atomic E-state index is -0.304. The summed E-state index contributed by atoms with van der Waals surface area (Å²) >= 11 is 0. The van der Waals surface area contributed by atoms with Crippen LogP contribution in [-0.4, -0.2) is 52.7 Å². The third-order valence-electron chi connectivity index (χ3n) is 6.02. The van der Waals surface area contributed by atoms with Crippen LogP contribution in [0.1, 0.15) is 49.7 Å². The molecule has 0 spiro atoms. The summed E-state index contributed by atoms with van der Waals surface area (Å²) in [6.45, 7) is 7.95. The molecule has 0 radical (unpaired) electrons. The lowest BCUT2D eigenvalue weighted by molar-refractivity contribution is 0.0919. The lowest BCUT2D eigenvalue weighted by atomic mass is 9.99. The van der Waals surface area contributed by atoms with Gasteiger partial charge in [-0.3, -0.25) is 9.69 Å². The molecule has 4 rings (SSSR count). The van der Waals surface area contributed by atoms with Gasteiger partial charge in [-0.1, -0.05) is 6.07 Å². The maximum absolute atomic E-state index is 12.7. The number of likely N-dealkylation sites (tertiary alicyclic amines) is 1. The summed E-state index contributed by atoms with van der Waals surface area (Å²) in [5.41, 5.74) is 4.40. The van der Waals surface area contributed by atoms with Crippen molar-refractivity contribution in [2.24, 2.45) is 0 Å². The zero-order valence-electron chi connectivity index (χ0n) is 19.4. The number of ether oxygens (including phenoxy) is 1. The molecule has 1 fully saturated rings. The van der Waals surface area contributed by atoms with Crippen molar-refractivity contribution in [1.29, 1.82) is 0 Å². The van der Waals surface area contributed by atoms with Crippen molar-refractivity contribution < 1.29 is 14.6 Å². The van der Waals surface area contributed by atoms with E-state index in [2.05, 4.69) is 39.5 Å². The van der Waals surface area contributed by atoms with Crippen LogP contribution in [0, 0.1) is 0 Å². The number of aliphatic hydroxyl groups excluding tert-OH is 1. The van der Waals surface area contributed by atoms with Crippen LogP contribution >= 0.6 is 0 Å². The van der Waals surface area contributed by atoms with Crippen LogP contribution in [-0.2, 0) is 6.54 Å². The Hall–Kier alpha value is -2.83. The minimum Gasteiger partial charge on any atom is -0.496 e. The van der Waals surface area contributed by atoms with Gasteiger partial charge in [0.05, 0.1) is 13.7 Å². The number of H-pyrrole nitrogens is 1. The number of hydrogen-bond donors (Lipinski definition) is 3. The van der Waals surface area contributed by atoms with Crippen LogP contribution in [0.5, 0.6) is 5.75 Å². The van der Waals surface area contributed by atoms with E-state index in [9.17, 15) is 9.90 Å². The van der Waals surface area contributed by atoms with Crippen LogP contribution in [0.15, 0.2) is 42.5 Å². The van der Waals surface area contributed by atoms with Crippen molar-refractivity contribution in [1.82, 2.24) is 15.2 Å². The van der Waals surface area contributed by atoms with Crippen molar-refractivity contribution in [3.63, 3.8) is 0 Å². The summed E-state index contributed by atoms with van der Waals surface area (Å²) in [5, 5.41) is 13.7. The Labute approximate surface area is 189 Å². The van der Waals surface area contributed by atoms with Gasteiger partial charge in [-0.15, -0.1) is 0 Å². The first-order chi connectivity index (χ1) is 15.3. The Morgan fingerprint density at radius 1 is 1.22 bits per heavy atom. The summed E-state index contributed by atoms with van der Waals surface area (Å²) in [6, 6.07) is 14.2. The molecule has 0 aliphatic carbocycles. The van der Waals surface area contributed by atoms with Gasteiger partial charge in [0.2, 0.25) is 0 Å². The van der Waals surface area contributed by atoms with Crippen LogP contribution in [0.4, 0.5) is 0 Å². The molecule has 2 heterocycles. The minimum absolute atomic E-state index is 0.101. The number of aromatic amines is 1. The van der Waals surface area contributed by atoms with Crippen LogP contribution < -0.4 is 10.1 Å². The fraction of sp³-hybridized carbons (Fsp3) is 0.423. The second-order valence-corrected chi connectivity index (χ2v) is 9.66. The molecule has 1 saturated heterocycles. The van der Waals surface area contributed by atoms with Crippen molar-refractivity contribution in [3.05, 3.63) is 53.7 Å². The first-order valence-electron chi connectivity index (χ1n) is 11.2. The maximum atomic E-state index is 12.7. The van der Waals surface area contributed by atoms with E-state index in [0.29, 0.717) is 5.56 Å². The van der Waals surface area contributed by atoms with Gasteiger partial charge in [0.15, 0.2) is 0 Å². The molecular weight excluding hydrogens is 402 g/mol. The van der Waals surface area contributed by atoms with Gasteiger partial charge in [0.25, 0.3) is 5.91 Å². The highest BCUT2D eigenvalue weighted by atomic mass is 16.5. The number of benzene rings is 2. The predicted octanol–water partition coefficient (Wildman–Crippen LogP) is 4.33. The number of amides is 1. The molecule has 3 aromatic rings. The highest BCUT2D eigenvalue weighted by molar-refractivity contribution is 5.97. The number of methoxy groups -OCH3 is 1. The second kappa shape index (κ2) is 8.96. The largest absolute Gasteiger partial charge is 0.496 e. The average Bonchev–Trinajstić information content (AvgIpc) is 3.37. The van der Waals surface area contributed by atoms with Crippen molar-refractivity contribution in [2.45, 2.75) is 51.7 Å². The third-order valence-corrected chi connectivity index (χ3v) is 6.02. The number of fused-ring (bicyclic) bond motifs is 1. The van der Waals surface area contributed by atoms with Gasteiger partial charge >= 0.3 is 0 Å². The Bertz CT molecular complexity index is 1110. The van der Waals surface area contributed by atoms with E-state index in [1.54, 1.807) is 13.2 Å². The first kappa shape index (κ1) is 22.4. The molecule has 0 unspecified atom stereocenters. The Balaban J connectivity index is 1.64. The number of carbonyl (C=O) groups is 1. The third kappa shape index (κ3) is 4.81. The molecular formula is C26H33N3O3. The van der Waals surface area contributed by atoms with Crippen molar-refractivity contribution in [2.75, 3.05) is 20.3 Å². The highest BCUT2D eigenvalue weighted by Gasteiger charge is 2.24. The lowest BCUT2D eigenvalue weighted by Gasteiger charge is -2.21. The van der Waals surface area contributed by atoms with E-state index in [1.165, 1.54) is 0 Å². The smallest absolute Gasteiger partial charge is 0.251 e. The number of carbonyl (C=O) groups excluding carboxylic acids is 1. The molecule has 0 saturated carbocycles. The topological polar surface area (TPSA) is 77.6 Å². The summed E-state index contributed by atoms with van der Waals surface area (Å²) in [5.74, 6) is 0.630. The number of nitrogens with one attached hydrogen (secondary N) is 2. The molecule has 1 atom stereocenters. The van der Waals surface area contributed by atoms with Gasteiger partial charge in [-0.2, -0.15) is 0 Å². The van der Waals surface area contributed by atoms with Gasteiger partial charge in [0, 0.05) is 45.8 Å². The molecule has 1 aliphatic rings. The molecule has 32 heavy (non-hydrogen) atoms. The number of nitrogens with zero attached hydrogens (tertiary/aromatic N) is 1.